The number of hydrogen-bond donors (Lipinski definition) is 0. The quantitative estimate of drug-likeness (QED) is 0.259. The number of nitrogens with zero attached hydrogens (tertiary/aromatic N) is 2. The fourth-order valence-corrected chi connectivity index (χ4v) is 4.82. The lowest BCUT2D eigenvalue weighted by Crippen LogP contribution is -2.16. The first-order valence-electron chi connectivity index (χ1n) is 12.1. The number of benzene rings is 3. The summed E-state index contributed by atoms with van der Waals surface area (Å²) in [6.07, 6.45) is 10.3. The van der Waals surface area contributed by atoms with Crippen molar-refractivity contribution in [2.24, 2.45) is 5.92 Å². The molecule has 0 N–H and O–H groups in total. The number of rotatable bonds is 8. The minimum atomic E-state index is -2.83. The van der Waals surface area contributed by atoms with Crippen LogP contribution in [0.4, 0.5) is 8.78 Å². The number of aromatic nitrogens is 2. The average Bonchev–Trinajstić information content (AvgIpc) is 3.23. The highest BCUT2D eigenvalue weighted by molar-refractivity contribution is 5.84. The van der Waals surface area contributed by atoms with Crippen LogP contribution in [-0.4, -0.2) is 9.78 Å². The van der Waals surface area contributed by atoms with Crippen molar-refractivity contribution in [1.82, 2.24) is 9.78 Å². The molecule has 0 spiro atoms. The zero-order valence-corrected chi connectivity index (χ0v) is 19.6. The molecule has 5 rings (SSSR count). The van der Waals surface area contributed by atoms with E-state index >= 15 is 0 Å². The van der Waals surface area contributed by atoms with Crippen molar-refractivity contribution in [3.63, 3.8) is 0 Å². The van der Waals surface area contributed by atoms with E-state index in [1.54, 1.807) is 12.1 Å². The van der Waals surface area contributed by atoms with Crippen LogP contribution in [0.15, 0.2) is 79.5 Å². The average molecular weight is 457 g/mol. The highest BCUT2D eigenvalue weighted by Crippen LogP contribution is 2.35. The minimum absolute atomic E-state index is 0.0296. The molecule has 4 aromatic rings. The molecule has 1 fully saturated rings. The van der Waals surface area contributed by atoms with Gasteiger partial charge in [-0.1, -0.05) is 86.5 Å². The van der Waals surface area contributed by atoms with Crippen LogP contribution in [0.5, 0.6) is 0 Å². The summed E-state index contributed by atoms with van der Waals surface area (Å²) in [6.45, 7) is 4.79. The summed E-state index contributed by atoms with van der Waals surface area (Å²) in [5, 5.41) is 5.99. The van der Waals surface area contributed by atoms with Crippen molar-refractivity contribution in [1.29, 1.82) is 0 Å². The lowest BCUT2D eigenvalue weighted by Gasteiger charge is -2.27. The molecule has 1 atom stereocenters. The molecule has 1 aromatic heterocycles. The standard InChI is InChI=1S/C30H30F2N2/c1-3-21-7-10-24(11-8-21)29(18-9-22-5-4-6-22)34-20-26-19-25(14-17-28(26)33-34)23-12-15-27(16-13-23)30(2,31)32/h3,7-8,10-17,19-20,22,29H,1,4-6,9,18H2,2H3. The molecule has 0 saturated heterocycles. The lowest BCUT2D eigenvalue weighted by molar-refractivity contribution is 0.0175. The van der Waals surface area contributed by atoms with Gasteiger partial charge in [-0.05, 0) is 53.1 Å². The molecule has 3 aromatic carbocycles. The van der Waals surface area contributed by atoms with Gasteiger partial charge in [-0.3, -0.25) is 4.68 Å². The largest absolute Gasteiger partial charge is 0.270 e. The summed E-state index contributed by atoms with van der Waals surface area (Å²) in [5.74, 6) is -1.99. The first-order chi connectivity index (χ1) is 16.4. The zero-order valence-electron chi connectivity index (χ0n) is 19.6. The van der Waals surface area contributed by atoms with Crippen molar-refractivity contribution >= 4 is 17.0 Å². The maximum atomic E-state index is 13.6. The van der Waals surface area contributed by atoms with Crippen LogP contribution in [0.1, 0.15) is 61.8 Å². The first-order valence-corrected chi connectivity index (χ1v) is 12.1. The van der Waals surface area contributed by atoms with E-state index in [1.807, 2.05) is 18.2 Å². The molecule has 2 nitrogen and oxygen atoms in total. The molecule has 0 bridgehead atoms. The molecule has 4 heteroatoms. The SMILES string of the molecule is C=Cc1ccc(C(CCC2CCC2)n2cc3cc(-c4ccc(C(C)(F)F)cc4)ccc3n2)cc1. The van der Waals surface area contributed by atoms with Gasteiger partial charge < -0.3 is 0 Å². The lowest BCUT2D eigenvalue weighted by atomic mass is 9.81. The van der Waals surface area contributed by atoms with Gasteiger partial charge in [0.1, 0.15) is 0 Å². The van der Waals surface area contributed by atoms with Gasteiger partial charge in [0.25, 0.3) is 5.92 Å². The Hall–Kier alpha value is -3.27. The van der Waals surface area contributed by atoms with Gasteiger partial charge >= 0.3 is 0 Å². The second-order valence-electron chi connectivity index (χ2n) is 9.61. The Kier molecular flexibility index (Phi) is 6.07. The Morgan fingerprint density at radius 3 is 2.35 bits per heavy atom. The molecule has 0 amide bonds. The highest BCUT2D eigenvalue weighted by Gasteiger charge is 2.24. The Morgan fingerprint density at radius 2 is 1.74 bits per heavy atom. The van der Waals surface area contributed by atoms with Gasteiger partial charge in [-0.15, -0.1) is 0 Å². The Bertz CT molecular complexity index is 1280. The molecule has 1 aliphatic rings. The van der Waals surface area contributed by atoms with Gasteiger partial charge in [0.2, 0.25) is 0 Å². The maximum Gasteiger partial charge on any atom is 0.270 e. The Labute approximate surface area is 199 Å². The maximum absolute atomic E-state index is 13.6. The van der Waals surface area contributed by atoms with Gasteiger partial charge in [-0.2, -0.15) is 5.10 Å². The third-order valence-electron chi connectivity index (χ3n) is 7.20. The van der Waals surface area contributed by atoms with Crippen LogP contribution >= 0.6 is 0 Å². The van der Waals surface area contributed by atoms with E-state index in [0.717, 1.165) is 46.9 Å². The number of halogens is 2. The molecule has 1 unspecified atom stereocenters. The molecule has 1 saturated carbocycles. The van der Waals surface area contributed by atoms with Crippen molar-refractivity contribution in [3.8, 4) is 11.1 Å². The van der Waals surface area contributed by atoms with E-state index in [9.17, 15) is 8.78 Å². The molecular formula is C30H30F2N2. The van der Waals surface area contributed by atoms with E-state index < -0.39 is 5.92 Å². The summed E-state index contributed by atoms with van der Waals surface area (Å²) in [5.41, 5.74) is 5.26. The minimum Gasteiger partial charge on any atom is -0.264 e. The van der Waals surface area contributed by atoms with Crippen LogP contribution in [-0.2, 0) is 5.92 Å². The normalized spacial score (nSPS) is 15.3. The molecule has 174 valence electrons. The van der Waals surface area contributed by atoms with Crippen molar-refractivity contribution in [3.05, 3.63) is 96.2 Å². The highest BCUT2D eigenvalue weighted by atomic mass is 19.3. The van der Waals surface area contributed by atoms with Gasteiger partial charge in [0.15, 0.2) is 0 Å². The number of hydrogen-bond acceptors (Lipinski definition) is 1. The number of fused-ring (bicyclic) bond motifs is 1. The molecule has 1 heterocycles. The molecule has 0 radical (unpaired) electrons. The van der Waals surface area contributed by atoms with Crippen LogP contribution in [0.25, 0.3) is 28.1 Å². The third kappa shape index (κ3) is 4.68. The predicted octanol–water partition coefficient (Wildman–Crippen LogP) is 8.63. The zero-order chi connectivity index (χ0) is 23.7. The smallest absolute Gasteiger partial charge is 0.264 e. The van der Waals surface area contributed by atoms with Gasteiger partial charge in [-0.25, -0.2) is 8.78 Å². The van der Waals surface area contributed by atoms with Crippen LogP contribution in [0.3, 0.4) is 0 Å². The van der Waals surface area contributed by atoms with E-state index in [-0.39, 0.29) is 11.6 Å². The predicted molar refractivity (Wildman–Crippen MR) is 136 cm³/mol. The van der Waals surface area contributed by atoms with E-state index in [1.165, 1.54) is 43.4 Å². The summed E-state index contributed by atoms with van der Waals surface area (Å²) < 4.78 is 29.3. The molecule has 1 aliphatic carbocycles. The van der Waals surface area contributed by atoms with E-state index in [0.29, 0.717) is 0 Å². The Morgan fingerprint density at radius 1 is 1.03 bits per heavy atom. The van der Waals surface area contributed by atoms with E-state index in [4.69, 9.17) is 5.10 Å². The van der Waals surface area contributed by atoms with E-state index in [2.05, 4.69) is 47.8 Å². The van der Waals surface area contributed by atoms with Crippen molar-refractivity contribution < 1.29 is 8.78 Å². The summed E-state index contributed by atoms with van der Waals surface area (Å²) in [4.78, 5) is 0. The fourth-order valence-electron chi connectivity index (χ4n) is 4.82. The van der Waals surface area contributed by atoms with Crippen molar-refractivity contribution in [2.75, 3.05) is 0 Å². The van der Waals surface area contributed by atoms with Crippen LogP contribution < -0.4 is 0 Å². The van der Waals surface area contributed by atoms with Gasteiger partial charge in [0, 0.05) is 24.1 Å². The number of alkyl halides is 2. The summed E-state index contributed by atoms with van der Waals surface area (Å²) >= 11 is 0. The second-order valence-corrected chi connectivity index (χ2v) is 9.61. The molecule has 0 aliphatic heterocycles. The van der Waals surface area contributed by atoms with Crippen LogP contribution in [0, 0.1) is 5.92 Å². The van der Waals surface area contributed by atoms with Crippen molar-refractivity contribution in [2.45, 2.75) is 51.0 Å². The van der Waals surface area contributed by atoms with Gasteiger partial charge in [0.05, 0.1) is 11.6 Å². The van der Waals surface area contributed by atoms with Crippen LogP contribution in [0.2, 0.25) is 0 Å². The molecule has 34 heavy (non-hydrogen) atoms. The third-order valence-corrected chi connectivity index (χ3v) is 7.20. The summed E-state index contributed by atoms with van der Waals surface area (Å²) in [7, 11) is 0. The Balaban J connectivity index is 1.45. The fraction of sp³-hybridized carbons (Fsp3) is 0.300. The topological polar surface area (TPSA) is 17.8 Å². The summed E-state index contributed by atoms with van der Waals surface area (Å²) in [6, 6.07) is 21.5. The monoisotopic (exact) mass is 456 g/mol. The first kappa shape index (κ1) is 22.5. The second kappa shape index (κ2) is 9.17. The molecular weight excluding hydrogens is 426 g/mol.